The molecule has 0 radical (unpaired) electrons. The van der Waals surface area contributed by atoms with Crippen LogP contribution in [0.5, 0.6) is 0 Å². The van der Waals surface area contributed by atoms with E-state index in [1.807, 2.05) is 18.2 Å². The lowest BCUT2D eigenvalue weighted by Crippen LogP contribution is -2.16. The average Bonchev–Trinajstić information content (AvgIpc) is 3.74. The van der Waals surface area contributed by atoms with Crippen molar-refractivity contribution in [1.29, 1.82) is 0 Å². The van der Waals surface area contributed by atoms with Crippen LogP contribution in [0.25, 0.3) is 72.0 Å². The van der Waals surface area contributed by atoms with Gasteiger partial charge in [0.05, 0.1) is 12.4 Å². The van der Waals surface area contributed by atoms with E-state index >= 15 is 0 Å². The van der Waals surface area contributed by atoms with E-state index < -0.39 is 0 Å². The second-order valence-electron chi connectivity index (χ2n) is 16.1. The van der Waals surface area contributed by atoms with Gasteiger partial charge < -0.3 is 9.47 Å². The first-order valence-corrected chi connectivity index (χ1v) is 20.4. The third kappa shape index (κ3) is 5.87. The van der Waals surface area contributed by atoms with Crippen molar-refractivity contribution in [3.63, 3.8) is 0 Å². The van der Waals surface area contributed by atoms with Gasteiger partial charge in [-0.15, -0.1) is 0 Å². The summed E-state index contributed by atoms with van der Waals surface area (Å²) in [5.41, 5.74) is 19.1. The molecule has 0 saturated carbocycles. The number of benzene rings is 9. The molecule has 59 heavy (non-hydrogen) atoms. The van der Waals surface area contributed by atoms with Crippen LogP contribution in [-0.2, 0) is 5.41 Å². The van der Waals surface area contributed by atoms with E-state index in [0.29, 0.717) is 6.04 Å². The van der Waals surface area contributed by atoms with Crippen LogP contribution >= 0.6 is 0 Å². The summed E-state index contributed by atoms with van der Waals surface area (Å²) in [4.78, 5) is 2.37. The minimum atomic E-state index is -0.151. The number of rotatable bonds is 7. The normalized spacial score (nSPS) is 12.9. The Hall–Kier alpha value is -7.42. The Balaban J connectivity index is 0.908. The van der Waals surface area contributed by atoms with Crippen molar-refractivity contribution >= 4 is 38.9 Å². The van der Waals surface area contributed by atoms with E-state index in [0.717, 1.165) is 55.7 Å². The van der Waals surface area contributed by atoms with Crippen LogP contribution in [0.3, 0.4) is 0 Å². The van der Waals surface area contributed by atoms with Gasteiger partial charge in [-0.25, -0.2) is 0 Å². The highest BCUT2D eigenvalue weighted by atomic mass is 15.1. The summed E-state index contributed by atoms with van der Waals surface area (Å²) in [5, 5.41) is 2.24. The first kappa shape index (κ1) is 33.7. The van der Waals surface area contributed by atoms with Gasteiger partial charge in [-0.1, -0.05) is 159 Å². The Labute approximate surface area is 347 Å². The molecule has 0 bridgehead atoms. The lowest BCUT2D eigenvalue weighted by molar-refractivity contribution is 0.660. The van der Waals surface area contributed by atoms with Crippen LogP contribution in [0.15, 0.2) is 218 Å². The summed E-state index contributed by atoms with van der Waals surface area (Å²) < 4.78 is 10.7. The highest BCUT2D eigenvalue weighted by Gasteiger charge is 2.36. The predicted molar refractivity (Wildman–Crippen MR) is 249 cm³/mol. The van der Waals surface area contributed by atoms with Crippen molar-refractivity contribution in [2.75, 3.05) is 4.90 Å². The molecular weight excluding hydrogens is 713 g/mol. The third-order valence-electron chi connectivity index (χ3n) is 12.3. The molecule has 1 heterocycles. The van der Waals surface area contributed by atoms with Crippen molar-refractivity contribution in [1.82, 2.24) is 4.57 Å². The summed E-state index contributed by atoms with van der Waals surface area (Å²) in [6, 6.07) is 76.8. The highest BCUT2D eigenvalue weighted by Crippen LogP contribution is 2.51. The summed E-state index contributed by atoms with van der Waals surface area (Å²) in [5.74, 6) is 0. The zero-order valence-electron chi connectivity index (χ0n) is 34.1. The van der Waals surface area contributed by atoms with E-state index in [9.17, 15) is 0 Å². The zero-order valence-corrected chi connectivity index (χ0v) is 33.1. The second-order valence-corrected chi connectivity index (χ2v) is 16.1. The van der Waals surface area contributed by atoms with Crippen LogP contribution < -0.4 is 4.90 Å². The molecule has 1 aromatic heterocycles. The molecule has 0 atom stereocenters. The van der Waals surface area contributed by atoms with Gasteiger partial charge in [0.25, 0.3) is 0 Å². The molecule has 0 unspecified atom stereocenters. The lowest BCUT2D eigenvalue weighted by atomic mass is 9.81. The number of anilines is 3. The molecule has 2 nitrogen and oxygen atoms in total. The summed E-state index contributed by atoms with van der Waals surface area (Å²) in [6.07, 6.45) is 0. The standard InChI is InChI=1S/C57H42N2/c1-57(2)53-37-44(39-14-6-3-7-15-39)28-33-49(53)50-34-32-48(38-54(50)57)58(45-16-8-4-9-17-45)47-30-26-41(27-31-47)40-22-24-42(25-23-40)43-29-35-56-52(36-43)51-20-12-13-21-55(51)59(56)46-18-10-5-11-19-46/h3-38H,1-2H3/i12D. The molecule has 1 aliphatic rings. The van der Waals surface area contributed by atoms with E-state index in [1.165, 1.54) is 44.5 Å². The van der Waals surface area contributed by atoms with Crippen LogP contribution in [0.2, 0.25) is 0 Å². The van der Waals surface area contributed by atoms with Crippen LogP contribution in [0.4, 0.5) is 17.1 Å². The van der Waals surface area contributed by atoms with Crippen molar-refractivity contribution in [2.24, 2.45) is 0 Å². The molecule has 11 rings (SSSR count). The van der Waals surface area contributed by atoms with Gasteiger partial charge in [-0.05, 0) is 128 Å². The fraction of sp³-hybridized carbons (Fsp3) is 0.0526. The topological polar surface area (TPSA) is 8.17 Å². The largest absolute Gasteiger partial charge is 0.310 e. The molecule has 0 N–H and O–H groups in total. The Morgan fingerprint density at radius 1 is 0.390 bits per heavy atom. The fourth-order valence-electron chi connectivity index (χ4n) is 9.30. The zero-order chi connectivity index (χ0) is 40.4. The van der Waals surface area contributed by atoms with E-state index in [1.54, 1.807) is 0 Å². The molecule has 2 heteroatoms. The lowest BCUT2D eigenvalue weighted by Gasteiger charge is -2.28. The number of para-hydroxylation sites is 3. The molecule has 1 aliphatic carbocycles. The molecule has 0 fully saturated rings. The Morgan fingerprint density at radius 2 is 0.881 bits per heavy atom. The first-order valence-electron chi connectivity index (χ1n) is 20.9. The van der Waals surface area contributed by atoms with Gasteiger partial charge in [0.2, 0.25) is 0 Å². The van der Waals surface area contributed by atoms with Crippen molar-refractivity contribution in [3.8, 4) is 50.2 Å². The molecular formula is C57H42N2. The molecule has 280 valence electrons. The van der Waals surface area contributed by atoms with Crippen LogP contribution in [-0.4, -0.2) is 4.57 Å². The van der Waals surface area contributed by atoms with Crippen molar-refractivity contribution in [3.05, 3.63) is 229 Å². The number of hydrogen-bond acceptors (Lipinski definition) is 1. The van der Waals surface area contributed by atoms with E-state index in [4.69, 9.17) is 1.37 Å². The Morgan fingerprint density at radius 3 is 1.59 bits per heavy atom. The Kier molecular flexibility index (Phi) is 7.94. The summed E-state index contributed by atoms with van der Waals surface area (Å²) in [6.45, 7) is 4.72. The number of fused-ring (bicyclic) bond motifs is 6. The highest BCUT2D eigenvalue weighted by molar-refractivity contribution is 6.10. The molecule has 0 saturated heterocycles. The Bertz CT molecular complexity index is 3200. The smallest absolute Gasteiger partial charge is 0.0623 e. The molecule has 0 amide bonds. The molecule has 9 aromatic carbocycles. The minimum absolute atomic E-state index is 0.151. The van der Waals surface area contributed by atoms with E-state index in [2.05, 4.69) is 217 Å². The fourth-order valence-corrected chi connectivity index (χ4v) is 9.30. The number of nitrogens with zero attached hydrogens (tertiary/aromatic N) is 2. The SMILES string of the molecule is [2H]c1ccc2c(c1)c1cc(-c3ccc(-c4ccc(N(c5ccccc5)c5ccc6c(c5)C(C)(C)c5cc(-c7ccccc7)ccc5-6)cc4)cc3)ccc1n2-c1ccccc1. The average molecular weight is 756 g/mol. The quantitative estimate of drug-likeness (QED) is 0.157. The maximum Gasteiger partial charge on any atom is 0.0623 e. The maximum absolute atomic E-state index is 8.39. The molecule has 0 spiro atoms. The molecule has 0 aliphatic heterocycles. The van der Waals surface area contributed by atoms with Gasteiger partial charge in [0, 0.05) is 38.9 Å². The minimum Gasteiger partial charge on any atom is -0.310 e. The monoisotopic (exact) mass is 755 g/mol. The van der Waals surface area contributed by atoms with Gasteiger partial charge in [0.1, 0.15) is 0 Å². The van der Waals surface area contributed by atoms with Crippen molar-refractivity contribution in [2.45, 2.75) is 19.3 Å². The first-order chi connectivity index (χ1) is 29.4. The van der Waals surface area contributed by atoms with Gasteiger partial charge in [-0.2, -0.15) is 0 Å². The second kappa shape index (κ2) is 13.9. The van der Waals surface area contributed by atoms with Gasteiger partial charge >= 0.3 is 0 Å². The van der Waals surface area contributed by atoms with Crippen LogP contribution in [0.1, 0.15) is 26.3 Å². The summed E-state index contributed by atoms with van der Waals surface area (Å²) >= 11 is 0. The number of aromatic nitrogens is 1. The van der Waals surface area contributed by atoms with E-state index in [-0.39, 0.29) is 5.41 Å². The summed E-state index contributed by atoms with van der Waals surface area (Å²) in [7, 11) is 0. The van der Waals surface area contributed by atoms with Crippen molar-refractivity contribution < 1.29 is 1.37 Å². The number of hydrogen-bond donors (Lipinski definition) is 0. The molecule has 10 aromatic rings. The van der Waals surface area contributed by atoms with Gasteiger partial charge in [0.15, 0.2) is 0 Å². The van der Waals surface area contributed by atoms with Crippen LogP contribution in [0, 0.1) is 0 Å². The maximum atomic E-state index is 8.39. The van der Waals surface area contributed by atoms with Gasteiger partial charge in [-0.3, -0.25) is 0 Å². The predicted octanol–water partition coefficient (Wildman–Crippen LogP) is 15.6. The third-order valence-corrected chi connectivity index (χ3v) is 12.3.